The topological polar surface area (TPSA) is 110 Å². The number of amides is 1. The van der Waals surface area contributed by atoms with E-state index in [2.05, 4.69) is 40.3 Å². The van der Waals surface area contributed by atoms with Crippen LogP contribution in [0.15, 0.2) is 121 Å². The number of carbonyl (C=O) groups excluding carboxylic acids is 1. The first-order valence-corrected chi connectivity index (χ1v) is 21.5. The molecule has 0 bridgehead atoms. The van der Waals surface area contributed by atoms with E-state index in [0.29, 0.717) is 54.1 Å². The molecule has 8 rings (SSSR count). The summed E-state index contributed by atoms with van der Waals surface area (Å²) in [4.78, 5) is 33.7. The van der Waals surface area contributed by atoms with E-state index >= 15 is 0 Å². The lowest BCUT2D eigenvalue weighted by molar-refractivity contribution is -0.143. The molecule has 0 fully saturated rings. The van der Waals surface area contributed by atoms with Gasteiger partial charge in [0.05, 0.1) is 28.8 Å². The van der Waals surface area contributed by atoms with E-state index < -0.39 is 18.1 Å². The predicted molar refractivity (Wildman–Crippen MR) is 238 cm³/mol. The molecule has 3 heterocycles. The molecule has 0 saturated heterocycles. The number of hydrogen-bond acceptors (Lipinski definition) is 7. The van der Waals surface area contributed by atoms with Gasteiger partial charge in [-0.3, -0.25) is 14.7 Å². The van der Waals surface area contributed by atoms with E-state index in [4.69, 9.17) is 37.4 Å². The van der Waals surface area contributed by atoms with E-state index in [-0.39, 0.29) is 30.6 Å². The Labute approximate surface area is 367 Å². The van der Waals surface area contributed by atoms with Gasteiger partial charge in [-0.1, -0.05) is 109 Å². The van der Waals surface area contributed by atoms with Crippen molar-refractivity contribution in [2.24, 2.45) is 0 Å². The van der Waals surface area contributed by atoms with Crippen LogP contribution >= 0.6 is 23.2 Å². The van der Waals surface area contributed by atoms with E-state index in [1.807, 2.05) is 98.8 Å². The standard InChI is InChI=1S/C50H49Cl2N3O6/c1-4-44(35-8-6-5-7-9-35)55-27-38-26-47-46(60-29-48(61-47)36-15-17-39(18-16-36)59-28-33-12-19-41(51)42(52)22-33)25-37(38)24-45(55)49(56)54-43(50(57)58)23-32-10-13-34(14-11-32)40-20-21-53-31(3)30(40)2/h5-17,19-22,25-26,39,43-45,48H,4,18,23-24,27-29H2,1-3H3,(H,54,56)(H,57,58)/t39?,43-,44-,45-,48+/m0/s1. The fraction of sp³-hybridized carbons (Fsp3) is 0.300. The molecule has 0 radical (unpaired) electrons. The maximum absolute atomic E-state index is 14.4. The lowest BCUT2D eigenvalue weighted by Crippen LogP contribution is -2.55. The number of aryl methyl sites for hydroxylation is 1. The maximum atomic E-state index is 14.4. The largest absolute Gasteiger partial charge is 0.485 e. The van der Waals surface area contributed by atoms with Crippen molar-refractivity contribution in [3.05, 3.63) is 170 Å². The van der Waals surface area contributed by atoms with Gasteiger partial charge in [0.1, 0.15) is 12.6 Å². The van der Waals surface area contributed by atoms with Crippen molar-refractivity contribution in [3.8, 4) is 22.6 Å². The fourth-order valence-electron chi connectivity index (χ4n) is 8.53. The third-order valence-electron chi connectivity index (χ3n) is 12.1. The first-order chi connectivity index (χ1) is 29.5. The number of pyridine rings is 1. The van der Waals surface area contributed by atoms with Crippen LogP contribution in [0.1, 0.15) is 64.9 Å². The zero-order chi connectivity index (χ0) is 42.6. The predicted octanol–water partition coefficient (Wildman–Crippen LogP) is 9.97. The van der Waals surface area contributed by atoms with E-state index in [1.54, 1.807) is 12.3 Å². The second kappa shape index (κ2) is 18.7. The Kier molecular flexibility index (Phi) is 12.9. The summed E-state index contributed by atoms with van der Waals surface area (Å²) < 4.78 is 19.1. The number of fused-ring (bicyclic) bond motifs is 2. The van der Waals surface area contributed by atoms with Gasteiger partial charge >= 0.3 is 5.97 Å². The van der Waals surface area contributed by atoms with Crippen LogP contribution < -0.4 is 14.8 Å². The van der Waals surface area contributed by atoms with Gasteiger partial charge in [-0.15, -0.1) is 0 Å². The number of ether oxygens (including phenoxy) is 3. The molecule has 0 saturated carbocycles. The Hall–Kier alpha value is -5.45. The SMILES string of the molecule is CC[C@@H](c1ccccc1)N1Cc2cc3c(cc2C[C@H]1C(=O)N[C@@H](Cc1ccc(-c2ccnc(C)c2C)cc1)C(=O)O)OC[C@H](C1=CCC(OCc2ccc(Cl)c(Cl)c2)C=C1)O3. The highest BCUT2D eigenvalue weighted by Crippen LogP contribution is 2.41. The van der Waals surface area contributed by atoms with Crippen molar-refractivity contribution in [1.29, 1.82) is 0 Å². The molecule has 314 valence electrons. The first-order valence-electron chi connectivity index (χ1n) is 20.8. The Morgan fingerprint density at radius 2 is 1.72 bits per heavy atom. The molecular weight excluding hydrogens is 809 g/mol. The number of nitrogens with zero attached hydrogens (tertiary/aromatic N) is 2. The Morgan fingerprint density at radius 3 is 2.44 bits per heavy atom. The molecule has 0 spiro atoms. The number of aliphatic carboxylic acids is 1. The summed E-state index contributed by atoms with van der Waals surface area (Å²) in [6.07, 6.45) is 9.62. The number of benzene rings is 4. The molecule has 4 aromatic carbocycles. The van der Waals surface area contributed by atoms with Crippen LogP contribution in [-0.4, -0.2) is 57.8 Å². The quantitative estimate of drug-likeness (QED) is 0.121. The van der Waals surface area contributed by atoms with Gasteiger partial charge in [-0.05, 0) is 114 Å². The molecule has 1 unspecified atom stereocenters. The summed E-state index contributed by atoms with van der Waals surface area (Å²) in [5.74, 6) is -0.120. The number of rotatable bonds is 13. The number of carboxylic acids is 1. The number of hydrogen-bond donors (Lipinski definition) is 2. The molecule has 5 aromatic rings. The van der Waals surface area contributed by atoms with Crippen LogP contribution in [0.2, 0.25) is 10.0 Å². The normalized spacial score (nSPS) is 19.4. The average Bonchev–Trinajstić information content (AvgIpc) is 3.27. The van der Waals surface area contributed by atoms with Crippen LogP contribution in [0.25, 0.3) is 11.1 Å². The molecule has 11 heteroatoms. The summed E-state index contributed by atoms with van der Waals surface area (Å²) in [6.45, 7) is 7.36. The van der Waals surface area contributed by atoms with Crippen LogP contribution in [0.5, 0.6) is 11.5 Å². The maximum Gasteiger partial charge on any atom is 0.326 e. The van der Waals surface area contributed by atoms with E-state index in [0.717, 1.165) is 62.2 Å². The fourth-order valence-corrected chi connectivity index (χ4v) is 8.85. The molecule has 1 amide bonds. The Balaban J connectivity index is 0.977. The van der Waals surface area contributed by atoms with Gasteiger partial charge in [-0.2, -0.15) is 0 Å². The van der Waals surface area contributed by atoms with Crippen molar-refractivity contribution < 1.29 is 28.9 Å². The lowest BCUT2D eigenvalue weighted by Gasteiger charge is -2.42. The number of halogens is 2. The van der Waals surface area contributed by atoms with Crippen LogP contribution in [0.4, 0.5) is 0 Å². The summed E-state index contributed by atoms with van der Waals surface area (Å²) >= 11 is 12.3. The second-order valence-electron chi connectivity index (χ2n) is 16.0. The number of nitrogens with one attached hydrogen (secondary N) is 1. The van der Waals surface area contributed by atoms with Gasteiger partial charge in [0.2, 0.25) is 5.91 Å². The zero-order valence-corrected chi connectivity index (χ0v) is 36.0. The monoisotopic (exact) mass is 857 g/mol. The van der Waals surface area contributed by atoms with Crippen molar-refractivity contribution in [2.45, 2.75) is 89.9 Å². The second-order valence-corrected chi connectivity index (χ2v) is 16.8. The van der Waals surface area contributed by atoms with E-state index in [9.17, 15) is 14.7 Å². The van der Waals surface area contributed by atoms with Crippen molar-refractivity contribution in [2.75, 3.05) is 6.61 Å². The third kappa shape index (κ3) is 9.56. The number of carboxylic acid groups (broad SMARTS) is 1. The van der Waals surface area contributed by atoms with Crippen LogP contribution in [-0.2, 0) is 40.3 Å². The molecule has 5 atom stereocenters. The van der Waals surface area contributed by atoms with Crippen molar-refractivity contribution >= 4 is 35.1 Å². The minimum Gasteiger partial charge on any atom is -0.485 e. The lowest BCUT2D eigenvalue weighted by atomic mass is 9.89. The highest BCUT2D eigenvalue weighted by Gasteiger charge is 2.39. The molecular formula is C50H49Cl2N3O6. The molecule has 2 N–H and O–H groups in total. The van der Waals surface area contributed by atoms with E-state index in [1.165, 1.54) is 0 Å². The summed E-state index contributed by atoms with van der Waals surface area (Å²) in [7, 11) is 0. The minimum absolute atomic E-state index is 0.0848. The molecule has 2 aliphatic heterocycles. The smallest absolute Gasteiger partial charge is 0.326 e. The van der Waals surface area contributed by atoms with Crippen molar-refractivity contribution in [3.63, 3.8) is 0 Å². The van der Waals surface area contributed by atoms with Gasteiger partial charge < -0.3 is 24.6 Å². The summed E-state index contributed by atoms with van der Waals surface area (Å²) in [5, 5.41) is 14.4. The first kappa shape index (κ1) is 42.2. The highest BCUT2D eigenvalue weighted by molar-refractivity contribution is 6.42. The highest BCUT2D eigenvalue weighted by atomic mass is 35.5. The van der Waals surface area contributed by atoms with Crippen LogP contribution in [0.3, 0.4) is 0 Å². The van der Waals surface area contributed by atoms with Gasteiger partial charge in [0.25, 0.3) is 0 Å². The molecule has 1 aliphatic carbocycles. The minimum atomic E-state index is -1.12. The molecule has 1 aromatic heterocycles. The van der Waals surface area contributed by atoms with Gasteiger partial charge in [0.15, 0.2) is 17.6 Å². The molecule has 61 heavy (non-hydrogen) atoms. The molecule has 9 nitrogen and oxygen atoms in total. The van der Waals surface area contributed by atoms with Gasteiger partial charge in [-0.25, -0.2) is 4.79 Å². The Morgan fingerprint density at radius 1 is 0.951 bits per heavy atom. The van der Waals surface area contributed by atoms with Crippen molar-refractivity contribution in [1.82, 2.24) is 15.2 Å². The zero-order valence-electron chi connectivity index (χ0n) is 34.4. The van der Waals surface area contributed by atoms with Crippen LogP contribution in [0, 0.1) is 13.8 Å². The molecule has 3 aliphatic rings. The summed E-state index contributed by atoms with van der Waals surface area (Å²) in [5.41, 5.74) is 10.1. The number of carbonyl (C=O) groups is 2. The Bertz CT molecular complexity index is 2470. The van der Waals surface area contributed by atoms with Gasteiger partial charge in [0, 0.05) is 30.9 Å². The third-order valence-corrected chi connectivity index (χ3v) is 12.8. The summed E-state index contributed by atoms with van der Waals surface area (Å²) in [6, 6.07) is 27.7. The number of aromatic nitrogens is 1. The average molecular weight is 859 g/mol.